The fourth-order valence-corrected chi connectivity index (χ4v) is 1.66. The van der Waals surface area contributed by atoms with Gasteiger partial charge in [-0.25, -0.2) is 0 Å². The number of hydrogen-bond acceptors (Lipinski definition) is 4. The number of rotatable bonds is 5. The first-order chi connectivity index (χ1) is 7.45. The molecule has 6 nitrogen and oxygen atoms in total. The summed E-state index contributed by atoms with van der Waals surface area (Å²) in [5.41, 5.74) is 0. The lowest BCUT2D eigenvalue weighted by Crippen LogP contribution is -2.38. The third kappa shape index (κ3) is 2.79. The Kier molecular flexibility index (Phi) is 4.00. The molecule has 2 amide bonds. The molecule has 90 valence electrons. The van der Waals surface area contributed by atoms with Gasteiger partial charge in [-0.15, -0.1) is 0 Å². The average molecular weight is 229 g/mol. The van der Waals surface area contributed by atoms with E-state index in [1.807, 2.05) is 0 Å². The van der Waals surface area contributed by atoms with Gasteiger partial charge in [-0.05, 0) is 0 Å². The van der Waals surface area contributed by atoms with Crippen molar-refractivity contribution in [2.45, 2.75) is 25.9 Å². The van der Waals surface area contributed by atoms with Gasteiger partial charge in [0, 0.05) is 19.4 Å². The van der Waals surface area contributed by atoms with Gasteiger partial charge in [-0.2, -0.15) is 0 Å². The zero-order valence-electron chi connectivity index (χ0n) is 9.30. The zero-order valence-corrected chi connectivity index (χ0v) is 9.30. The molecule has 6 heteroatoms. The van der Waals surface area contributed by atoms with Gasteiger partial charge in [0.05, 0.1) is 19.1 Å². The minimum Gasteiger partial charge on any atom is -0.481 e. The average Bonchev–Trinajstić information content (AvgIpc) is 2.43. The van der Waals surface area contributed by atoms with E-state index in [2.05, 4.69) is 0 Å². The van der Waals surface area contributed by atoms with Crippen LogP contribution in [0.1, 0.15) is 19.8 Å². The second kappa shape index (κ2) is 5.07. The van der Waals surface area contributed by atoms with Crippen LogP contribution in [-0.2, 0) is 19.1 Å². The number of carbonyl (C=O) groups is 3. The van der Waals surface area contributed by atoms with Crippen LogP contribution in [0.3, 0.4) is 0 Å². The van der Waals surface area contributed by atoms with Crippen molar-refractivity contribution in [1.29, 1.82) is 0 Å². The van der Waals surface area contributed by atoms with Crippen molar-refractivity contribution in [2.24, 2.45) is 5.92 Å². The minimum absolute atomic E-state index is 0.0187. The van der Waals surface area contributed by atoms with Crippen LogP contribution in [0.2, 0.25) is 0 Å². The van der Waals surface area contributed by atoms with Crippen LogP contribution in [-0.4, -0.2) is 47.5 Å². The normalized spacial score (nSPS) is 22.6. The predicted molar refractivity (Wildman–Crippen MR) is 53.6 cm³/mol. The highest BCUT2D eigenvalue weighted by molar-refractivity contribution is 6.03. The van der Waals surface area contributed by atoms with Gasteiger partial charge >= 0.3 is 5.97 Å². The van der Waals surface area contributed by atoms with E-state index in [0.717, 1.165) is 4.90 Å². The molecule has 1 aliphatic heterocycles. The summed E-state index contributed by atoms with van der Waals surface area (Å²) >= 11 is 0. The summed E-state index contributed by atoms with van der Waals surface area (Å²) < 4.78 is 4.93. The molecule has 1 heterocycles. The van der Waals surface area contributed by atoms with Crippen molar-refractivity contribution in [1.82, 2.24) is 4.90 Å². The van der Waals surface area contributed by atoms with Crippen LogP contribution >= 0.6 is 0 Å². The Bertz CT molecular complexity index is 314. The maximum atomic E-state index is 11.6. The minimum atomic E-state index is -1.01. The molecular formula is C10H15NO5. The number of hydrogen-bond donors (Lipinski definition) is 1. The SMILES string of the molecule is COC(CC(=O)O)CN1C(=O)CC(C)C1=O. The van der Waals surface area contributed by atoms with E-state index < -0.39 is 12.1 Å². The molecule has 1 saturated heterocycles. The topological polar surface area (TPSA) is 83.9 Å². The molecule has 1 N–H and O–H groups in total. The van der Waals surface area contributed by atoms with Crippen molar-refractivity contribution in [3.8, 4) is 0 Å². The molecule has 1 rings (SSSR count). The van der Waals surface area contributed by atoms with E-state index in [4.69, 9.17) is 9.84 Å². The summed E-state index contributed by atoms with van der Waals surface area (Å²) in [6.45, 7) is 1.70. The second-order valence-corrected chi connectivity index (χ2v) is 3.90. The Morgan fingerprint density at radius 1 is 1.62 bits per heavy atom. The number of carboxylic acid groups (broad SMARTS) is 1. The number of imide groups is 1. The number of carbonyl (C=O) groups excluding carboxylic acids is 2. The predicted octanol–water partition coefficient (Wildman–Crippen LogP) is -0.129. The fourth-order valence-electron chi connectivity index (χ4n) is 1.66. The molecule has 0 aliphatic carbocycles. The second-order valence-electron chi connectivity index (χ2n) is 3.90. The molecule has 1 fully saturated rings. The molecular weight excluding hydrogens is 214 g/mol. The first-order valence-corrected chi connectivity index (χ1v) is 5.04. The van der Waals surface area contributed by atoms with Crippen LogP contribution < -0.4 is 0 Å². The summed E-state index contributed by atoms with van der Waals surface area (Å²) in [7, 11) is 1.36. The van der Waals surface area contributed by atoms with E-state index in [-0.39, 0.29) is 37.1 Å². The van der Waals surface area contributed by atoms with Gasteiger partial charge in [0.25, 0.3) is 0 Å². The molecule has 1 aliphatic rings. The van der Waals surface area contributed by atoms with Gasteiger partial charge in [0.1, 0.15) is 0 Å². The summed E-state index contributed by atoms with van der Waals surface area (Å²) in [5.74, 6) is -1.84. The first kappa shape index (κ1) is 12.6. The molecule has 0 spiro atoms. The van der Waals surface area contributed by atoms with Crippen molar-refractivity contribution >= 4 is 17.8 Å². The summed E-state index contributed by atoms with van der Waals surface area (Å²) in [5, 5.41) is 8.60. The van der Waals surface area contributed by atoms with Crippen molar-refractivity contribution in [3.05, 3.63) is 0 Å². The lowest BCUT2D eigenvalue weighted by molar-refractivity contribution is -0.145. The third-order valence-corrected chi connectivity index (χ3v) is 2.59. The quantitative estimate of drug-likeness (QED) is 0.664. The van der Waals surface area contributed by atoms with Crippen molar-refractivity contribution < 1.29 is 24.2 Å². The Balaban J connectivity index is 2.61. The van der Waals surface area contributed by atoms with Crippen molar-refractivity contribution in [2.75, 3.05) is 13.7 Å². The van der Waals surface area contributed by atoms with E-state index in [9.17, 15) is 14.4 Å². The highest BCUT2D eigenvalue weighted by atomic mass is 16.5. The molecule has 0 bridgehead atoms. The van der Waals surface area contributed by atoms with Crippen LogP contribution in [0, 0.1) is 5.92 Å². The van der Waals surface area contributed by atoms with Crippen LogP contribution in [0.25, 0.3) is 0 Å². The van der Waals surface area contributed by atoms with Crippen LogP contribution in [0.15, 0.2) is 0 Å². The molecule has 0 aromatic heterocycles. The van der Waals surface area contributed by atoms with Gasteiger partial charge in [-0.3, -0.25) is 19.3 Å². The molecule has 2 atom stereocenters. The lowest BCUT2D eigenvalue weighted by atomic mass is 10.1. The highest BCUT2D eigenvalue weighted by Gasteiger charge is 2.36. The molecule has 2 unspecified atom stereocenters. The molecule has 0 radical (unpaired) electrons. The van der Waals surface area contributed by atoms with E-state index >= 15 is 0 Å². The Morgan fingerprint density at radius 2 is 2.25 bits per heavy atom. The number of likely N-dealkylation sites (tertiary alicyclic amines) is 1. The maximum Gasteiger partial charge on any atom is 0.306 e. The van der Waals surface area contributed by atoms with E-state index in [1.54, 1.807) is 6.92 Å². The summed E-state index contributed by atoms with van der Waals surface area (Å²) in [4.78, 5) is 34.6. The van der Waals surface area contributed by atoms with Gasteiger partial charge in [0.2, 0.25) is 11.8 Å². The summed E-state index contributed by atoms with van der Waals surface area (Å²) in [6.07, 6.45) is -0.666. The van der Waals surface area contributed by atoms with Crippen molar-refractivity contribution in [3.63, 3.8) is 0 Å². The number of nitrogens with zero attached hydrogens (tertiary/aromatic N) is 1. The Labute approximate surface area is 93.2 Å². The Morgan fingerprint density at radius 3 is 2.62 bits per heavy atom. The van der Waals surface area contributed by atoms with E-state index in [0.29, 0.717) is 0 Å². The monoisotopic (exact) mass is 229 g/mol. The number of ether oxygens (including phenoxy) is 1. The first-order valence-electron chi connectivity index (χ1n) is 5.04. The molecule has 16 heavy (non-hydrogen) atoms. The molecule has 0 aromatic rings. The largest absolute Gasteiger partial charge is 0.481 e. The van der Waals surface area contributed by atoms with Gasteiger partial charge in [-0.1, -0.05) is 6.92 Å². The lowest BCUT2D eigenvalue weighted by Gasteiger charge is -2.20. The number of carboxylic acids is 1. The van der Waals surface area contributed by atoms with E-state index in [1.165, 1.54) is 7.11 Å². The number of aliphatic carboxylic acids is 1. The highest BCUT2D eigenvalue weighted by Crippen LogP contribution is 2.19. The Hall–Kier alpha value is -1.43. The fraction of sp³-hybridized carbons (Fsp3) is 0.700. The molecule has 0 aromatic carbocycles. The number of methoxy groups -OCH3 is 1. The summed E-state index contributed by atoms with van der Waals surface area (Å²) in [6, 6.07) is 0. The molecule has 0 saturated carbocycles. The zero-order chi connectivity index (χ0) is 12.3. The smallest absolute Gasteiger partial charge is 0.306 e. The van der Waals surface area contributed by atoms with Gasteiger partial charge in [0.15, 0.2) is 0 Å². The number of amides is 2. The van der Waals surface area contributed by atoms with Gasteiger partial charge < -0.3 is 9.84 Å². The third-order valence-electron chi connectivity index (χ3n) is 2.59. The van der Waals surface area contributed by atoms with Crippen LogP contribution in [0.5, 0.6) is 0 Å². The van der Waals surface area contributed by atoms with Crippen LogP contribution in [0.4, 0.5) is 0 Å². The standard InChI is InChI=1S/C10H15NO5/c1-6-3-8(12)11(10(6)15)5-7(16-2)4-9(13)14/h6-7H,3-5H2,1-2H3,(H,13,14). The maximum absolute atomic E-state index is 11.6.